The number of carbonyl (C=O) groups is 2. The van der Waals surface area contributed by atoms with Gasteiger partial charge in [0, 0.05) is 19.3 Å². The van der Waals surface area contributed by atoms with Gasteiger partial charge >= 0.3 is 5.97 Å². The molecule has 1 aliphatic carbocycles. The smallest absolute Gasteiger partial charge is 0.338 e. The van der Waals surface area contributed by atoms with Crippen molar-refractivity contribution < 1.29 is 22.7 Å². The number of nitrogens with zero attached hydrogens (tertiary/aromatic N) is 1. The number of amides is 1. The van der Waals surface area contributed by atoms with Gasteiger partial charge in [0.1, 0.15) is 0 Å². The van der Waals surface area contributed by atoms with Gasteiger partial charge in [0.2, 0.25) is 0 Å². The van der Waals surface area contributed by atoms with E-state index in [1.807, 2.05) is 0 Å². The molecule has 25 heavy (non-hydrogen) atoms. The summed E-state index contributed by atoms with van der Waals surface area (Å²) in [6, 6.07) is 5.67. The van der Waals surface area contributed by atoms with Crippen LogP contribution in [0.15, 0.2) is 29.2 Å². The first-order valence-electron chi connectivity index (χ1n) is 8.41. The van der Waals surface area contributed by atoms with Crippen LogP contribution in [0.1, 0.15) is 43.0 Å². The Morgan fingerprint density at radius 1 is 1.12 bits per heavy atom. The van der Waals surface area contributed by atoms with Gasteiger partial charge in [-0.15, -0.1) is 0 Å². The van der Waals surface area contributed by atoms with E-state index in [0.717, 1.165) is 31.9 Å². The van der Waals surface area contributed by atoms with Crippen LogP contribution in [-0.4, -0.2) is 51.1 Å². The van der Waals surface area contributed by atoms with Crippen molar-refractivity contribution in [2.24, 2.45) is 5.92 Å². The Kier molecular flexibility index (Phi) is 6.21. The van der Waals surface area contributed by atoms with Crippen LogP contribution in [0, 0.1) is 5.92 Å². The Morgan fingerprint density at radius 2 is 1.68 bits per heavy atom. The van der Waals surface area contributed by atoms with Gasteiger partial charge in [-0.05, 0) is 55.9 Å². The zero-order chi connectivity index (χ0) is 18.6. The fourth-order valence-corrected chi connectivity index (χ4v) is 3.61. The molecule has 0 spiro atoms. The highest BCUT2D eigenvalue weighted by atomic mass is 32.2. The third-order valence-electron chi connectivity index (χ3n) is 4.77. The molecule has 2 rings (SSSR count). The summed E-state index contributed by atoms with van der Waals surface area (Å²) in [5.41, 5.74) is 0.217. The Balaban J connectivity index is 1.87. The van der Waals surface area contributed by atoms with E-state index in [1.165, 1.54) is 24.3 Å². The van der Waals surface area contributed by atoms with E-state index in [-0.39, 0.29) is 29.0 Å². The monoisotopic (exact) mass is 367 g/mol. The van der Waals surface area contributed by atoms with Crippen molar-refractivity contribution in [3.05, 3.63) is 29.8 Å². The van der Waals surface area contributed by atoms with Gasteiger partial charge in [0.25, 0.3) is 5.91 Å². The van der Waals surface area contributed by atoms with Gasteiger partial charge in [-0.3, -0.25) is 4.79 Å². The highest BCUT2D eigenvalue weighted by molar-refractivity contribution is 7.90. The molecular weight excluding hydrogens is 342 g/mol. The number of hydrogen-bond acceptors (Lipinski definition) is 5. The van der Waals surface area contributed by atoms with Crippen LogP contribution in [-0.2, 0) is 19.4 Å². The van der Waals surface area contributed by atoms with Crippen molar-refractivity contribution in [2.45, 2.75) is 43.5 Å². The van der Waals surface area contributed by atoms with Crippen LogP contribution in [0.4, 0.5) is 0 Å². The molecule has 0 aliphatic heterocycles. The second kappa shape index (κ2) is 7.99. The number of benzene rings is 1. The summed E-state index contributed by atoms with van der Waals surface area (Å²) in [6.45, 7) is 1.91. The maximum atomic E-state index is 12.2. The molecule has 138 valence electrons. The van der Waals surface area contributed by atoms with Gasteiger partial charge in [-0.2, -0.15) is 0 Å². The molecule has 0 unspecified atom stereocenters. The minimum atomic E-state index is -3.31. The molecule has 6 nitrogen and oxygen atoms in total. The molecule has 1 aromatic carbocycles. The third kappa shape index (κ3) is 5.29. The van der Waals surface area contributed by atoms with Crippen LogP contribution >= 0.6 is 0 Å². The predicted molar refractivity (Wildman–Crippen MR) is 94.0 cm³/mol. The van der Waals surface area contributed by atoms with Gasteiger partial charge in [0.15, 0.2) is 16.4 Å². The van der Waals surface area contributed by atoms with E-state index in [9.17, 15) is 18.0 Å². The lowest BCUT2D eigenvalue weighted by Gasteiger charge is -2.33. The van der Waals surface area contributed by atoms with Crippen molar-refractivity contribution in [3.8, 4) is 0 Å². The zero-order valence-electron chi connectivity index (χ0n) is 14.9. The van der Waals surface area contributed by atoms with E-state index in [2.05, 4.69) is 6.92 Å². The van der Waals surface area contributed by atoms with Crippen molar-refractivity contribution in [2.75, 3.05) is 19.9 Å². The molecule has 1 saturated carbocycles. The van der Waals surface area contributed by atoms with Crippen molar-refractivity contribution >= 4 is 21.7 Å². The third-order valence-corrected chi connectivity index (χ3v) is 5.90. The average Bonchev–Trinajstić information content (AvgIpc) is 2.58. The van der Waals surface area contributed by atoms with Gasteiger partial charge in [-0.25, -0.2) is 13.2 Å². The molecule has 1 amide bonds. The number of sulfone groups is 1. The zero-order valence-corrected chi connectivity index (χ0v) is 15.7. The Labute approximate surface area is 149 Å². The van der Waals surface area contributed by atoms with Crippen LogP contribution in [0.5, 0.6) is 0 Å². The van der Waals surface area contributed by atoms with Crippen LogP contribution in [0.25, 0.3) is 0 Å². The summed E-state index contributed by atoms with van der Waals surface area (Å²) in [7, 11) is -1.56. The lowest BCUT2D eigenvalue weighted by molar-refractivity contribution is -0.136. The summed E-state index contributed by atoms with van der Waals surface area (Å²) in [5.74, 6) is -0.160. The van der Waals surface area contributed by atoms with Gasteiger partial charge < -0.3 is 9.64 Å². The molecule has 0 aromatic heterocycles. The molecule has 7 heteroatoms. The summed E-state index contributed by atoms with van der Waals surface area (Å²) >= 11 is 0. The van der Waals surface area contributed by atoms with Crippen LogP contribution < -0.4 is 0 Å². The standard InChI is InChI=1S/C18H25NO5S/c1-13-4-8-15(9-5-13)19(2)17(20)12-24-18(21)14-6-10-16(11-7-14)25(3,22)23/h6-7,10-11,13,15H,4-5,8-9,12H2,1-3H3. The number of ether oxygens (including phenoxy) is 1. The number of likely N-dealkylation sites (N-methyl/N-ethyl adjacent to an activating group) is 1. The molecule has 0 N–H and O–H groups in total. The summed E-state index contributed by atoms with van der Waals surface area (Å²) < 4.78 is 27.9. The van der Waals surface area contributed by atoms with E-state index < -0.39 is 15.8 Å². The number of hydrogen-bond donors (Lipinski definition) is 0. The van der Waals surface area contributed by atoms with Crippen molar-refractivity contribution in [1.29, 1.82) is 0 Å². The fraction of sp³-hybridized carbons (Fsp3) is 0.556. The molecule has 0 bridgehead atoms. The maximum absolute atomic E-state index is 12.2. The minimum Gasteiger partial charge on any atom is -0.452 e. The topological polar surface area (TPSA) is 80.8 Å². The van der Waals surface area contributed by atoms with Crippen molar-refractivity contribution in [1.82, 2.24) is 4.90 Å². The first-order chi connectivity index (χ1) is 11.7. The minimum absolute atomic E-state index is 0.131. The highest BCUT2D eigenvalue weighted by Gasteiger charge is 2.25. The largest absolute Gasteiger partial charge is 0.452 e. The Bertz CT molecular complexity index is 718. The molecule has 1 aromatic rings. The molecule has 1 fully saturated rings. The lowest BCUT2D eigenvalue weighted by atomic mass is 9.87. The summed E-state index contributed by atoms with van der Waals surface area (Å²) in [6.07, 6.45) is 5.26. The second-order valence-corrected chi connectivity index (χ2v) is 8.81. The maximum Gasteiger partial charge on any atom is 0.338 e. The SMILES string of the molecule is CC1CCC(N(C)C(=O)COC(=O)c2ccc(S(C)(=O)=O)cc2)CC1. The quantitative estimate of drug-likeness (QED) is 0.746. The van der Waals surface area contributed by atoms with Crippen LogP contribution in [0.3, 0.4) is 0 Å². The van der Waals surface area contributed by atoms with E-state index >= 15 is 0 Å². The predicted octanol–water partition coefficient (Wildman–Crippen LogP) is 2.28. The lowest BCUT2D eigenvalue weighted by Crippen LogP contribution is -2.41. The highest BCUT2D eigenvalue weighted by Crippen LogP contribution is 2.26. The Morgan fingerprint density at radius 3 is 2.20 bits per heavy atom. The second-order valence-electron chi connectivity index (χ2n) is 6.79. The van der Waals surface area contributed by atoms with E-state index in [1.54, 1.807) is 11.9 Å². The summed E-state index contributed by atoms with van der Waals surface area (Å²) in [4.78, 5) is 26.0. The van der Waals surface area contributed by atoms with Crippen molar-refractivity contribution in [3.63, 3.8) is 0 Å². The molecule has 0 atom stereocenters. The fourth-order valence-electron chi connectivity index (χ4n) is 2.98. The van der Waals surface area contributed by atoms with E-state index in [4.69, 9.17) is 4.74 Å². The van der Waals surface area contributed by atoms with Gasteiger partial charge in [-0.1, -0.05) is 6.92 Å². The molecular formula is C18H25NO5S. The number of rotatable bonds is 5. The number of carbonyl (C=O) groups excluding carboxylic acids is 2. The van der Waals surface area contributed by atoms with Gasteiger partial charge in [0.05, 0.1) is 10.5 Å². The normalized spacial score (nSPS) is 20.8. The number of esters is 1. The molecule has 0 radical (unpaired) electrons. The molecule has 1 aliphatic rings. The Hall–Kier alpha value is -1.89. The molecule has 0 saturated heterocycles. The average molecular weight is 367 g/mol. The van der Waals surface area contributed by atoms with E-state index in [0.29, 0.717) is 5.92 Å². The van der Waals surface area contributed by atoms with Crippen LogP contribution in [0.2, 0.25) is 0 Å². The first kappa shape index (κ1) is 19.4. The summed E-state index contributed by atoms with van der Waals surface area (Å²) in [5, 5.41) is 0. The molecule has 0 heterocycles. The first-order valence-corrected chi connectivity index (χ1v) is 10.3.